The lowest BCUT2D eigenvalue weighted by Gasteiger charge is -2.09. The lowest BCUT2D eigenvalue weighted by atomic mass is 10.1. The van der Waals surface area contributed by atoms with Crippen molar-refractivity contribution in [2.45, 2.75) is 91.0 Å². The fourth-order valence-corrected chi connectivity index (χ4v) is 4.99. The summed E-state index contributed by atoms with van der Waals surface area (Å²) in [6.45, 7) is 5.93. The topological polar surface area (TPSA) is 42.2 Å². The van der Waals surface area contributed by atoms with E-state index < -0.39 is 0 Å². The Morgan fingerprint density at radius 3 is 2.22 bits per heavy atom. The molecule has 202 valence electrons. The molecular weight excluding hydrogens is 544 g/mol. The van der Waals surface area contributed by atoms with Gasteiger partial charge in [0, 0.05) is 11.3 Å². The van der Waals surface area contributed by atoms with E-state index in [-0.39, 0.29) is 22.9 Å². The number of aryl methyl sites for hydroxylation is 1. The summed E-state index contributed by atoms with van der Waals surface area (Å²) >= 11 is 1.74. The smallest absolute Gasteiger partial charge is 0.228 e. The number of hydrogen-bond acceptors (Lipinski definition) is 3. The number of unbranched alkanes of at least 4 members (excludes halogenated alkanes) is 9. The highest BCUT2D eigenvalue weighted by atomic mass is 79.9. The first-order chi connectivity index (χ1) is 17.6. The first kappa shape index (κ1) is 31.0. The van der Waals surface area contributed by atoms with Gasteiger partial charge in [0.2, 0.25) is 11.4 Å². The normalized spacial score (nSPS) is 10.6. The number of benzene rings is 2. The maximum Gasteiger partial charge on any atom is 0.228 e. The number of ether oxygens (including phenoxy) is 1. The monoisotopic (exact) mass is 586 g/mol. The quantitative estimate of drug-likeness (QED) is 0.181. The Bertz CT molecular complexity index is 1040. The summed E-state index contributed by atoms with van der Waals surface area (Å²) in [4.78, 5) is 13.9. The van der Waals surface area contributed by atoms with Gasteiger partial charge in [-0.2, -0.15) is 4.57 Å². The van der Waals surface area contributed by atoms with E-state index in [1.807, 2.05) is 42.5 Å². The number of nitrogens with zero attached hydrogens (tertiary/aromatic N) is 1. The van der Waals surface area contributed by atoms with Gasteiger partial charge >= 0.3 is 0 Å². The molecule has 0 bridgehead atoms. The van der Waals surface area contributed by atoms with Crippen molar-refractivity contribution in [1.29, 1.82) is 0 Å². The number of amides is 1. The SMILES string of the molecule is CCCCCCCCCCCCOc1ccc(CC(=O)Nc2cccc(C[n+]3csc(C)c3)c2)cc1.[Br-]. The highest BCUT2D eigenvalue weighted by Gasteiger charge is 2.08. The fourth-order valence-electron chi connectivity index (χ4n) is 4.36. The average molecular weight is 588 g/mol. The zero-order valence-corrected chi connectivity index (χ0v) is 24.9. The van der Waals surface area contributed by atoms with Crippen LogP contribution < -0.4 is 31.6 Å². The summed E-state index contributed by atoms with van der Waals surface area (Å²) in [6.07, 6.45) is 15.7. The molecule has 0 saturated heterocycles. The number of carbonyl (C=O) groups excluding carboxylic acids is 1. The van der Waals surface area contributed by atoms with E-state index in [1.54, 1.807) is 11.3 Å². The minimum atomic E-state index is -0.00906. The molecule has 2 aromatic carbocycles. The van der Waals surface area contributed by atoms with Crippen LogP contribution in [0.4, 0.5) is 5.69 Å². The molecule has 0 aliphatic carbocycles. The Kier molecular flexibility index (Phi) is 15.2. The summed E-state index contributed by atoms with van der Waals surface area (Å²) < 4.78 is 8.06. The van der Waals surface area contributed by atoms with Gasteiger partial charge in [0.1, 0.15) is 5.75 Å². The Morgan fingerprint density at radius 2 is 1.57 bits per heavy atom. The lowest BCUT2D eigenvalue weighted by molar-refractivity contribution is -0.683. The van der Waals surface area contributed by atoms with Crippen molar-refractivity contribution in [3.8, 4) is 5.75 Å². The van der Waals surface area contributed by atoms with Crippen molar-refractivity contribution in [3.63, 3.8) is 0 Å². The van der Waals surface area contributed by atoms with Crippen LogP contribution in [0, 0.1) is 6.92 Å². The lowest BCUT2D eigenvalue weighted by Crippen LogP contribution is -3.00. The van der Waals surface area contributed by atoms with Crippen LogP contribution in [0.2, 0.25) is 0 Å². The minimum Gasteiger partial charge on any atom is -1.00 e. The van der Waals surface area contributed by atoms with Gasteiger partial charge in [0.05, 0.1) is 17.9 Å². The number of carbonyl (C=O) groups is 1. The molecule has 0 aliphatic rings. The van der Waals surface area contributed by atoms with Gasteiger partial charge in [0.25, 0.3) is 0 Å². The number of thiazole rings is 1. The first-order valence-corrected chi connectivity index (χ1v) is 14.5. The van der Waals surface area contributed by atoms with Crippen LogP contribution in [0.15, 0.2) is 60.2 Å². The van der Waals surface area contributed by atoms with E-state index in [1.165, 1.54) is 68.2 Å². The third-order valence-corrected chi connectivity index (χ3v) is 7.21. The number of rotatable bonds is 17. The second-order valence-electron chi connectivity index (χ2n) is 9.74. The molecule has 3 rings (SSSR count). The third-order valence-electron chi connectivity index (χ3n) is 6.35. The van der Waals surface area contributed by atoms with Crippen LogP contribution in [-0.4, -0.2) is 12.5 Å². The number of hydrogen-bond donors (Lipinski definition) is 1. The van der Waals surface area contributed by atoms with E-state index in [0.29, 0.717) is 6.42 Å². The van der Waals surface area contributed by atoms with E-state index >= 15 is 0 Å². The number of halogens is 1. The van der Waals surface area contributed by atoms with Crippen molar-refractivity contribution in [1.82, 2.24) is 0 Å². The van der Waals surface area contributed by atoms with Crippen molar-refractivity contribution >= 4 is 22.9 Å². The second kappa shape index (κ2) is 18.1. The maximum atomic E-state index is 12.6. The highest BCUT2D eigenvalue weighted by Crippen LogP contribution is 2.16. The largest absolute Gasteiger partial charge is 1.00 e. The van der Waals surface area contributed by atoms with Crippen molar-refractivity contribution in [3.05, 3.63) is 76.2 Å². The molecule has 6 heteroatoms. The van der Waals surface area contributed by atoms with Crippen molar-refractivity contribution in [2.75, 3.05) is 11.9 Å². The second-order valence-corrected chi connectivity index (χ2v) is 10.8. The van der Waals surface area contributed by atoms with Crippen LogP contribution >= 0.6 is 11.3 Å². The van der Waals surface area contributed by atoms with Crippen LogP contribution in [0.1, 0.15) is 87.1 Å². The van der Waals surface area contributed by atoms with E-state index in [2.05, 4.69) is 41.5 Å². The Morgan fingerprint density at radius 1 is 0.892 bits per heavy atom. The molecule has 1 amide bonds. The molecule has 1 heterocycles. The molecule has 0 spiro atoms. The molecule has 0 atom stereocenters. The fraction of sp³-hybridized carbons (Fsp3) is 0.484. The zero-order valence-electron chi connectivity index (χ0n) is 22.5. The summed E-state index contributed by atoms with van der Waals surface area (Å²) in [6, 6.07) is 16.0. The predicted molar refractivity (Wildman–Crippen MR) is 151 cm³/mol. The minimum absolute atomic E-state index is 0. The highest BCUT2D eigenvalue weighted by molar-refractivity contribution is 7.09. The van der Waals surface area contributed by atoms with Gasteiger partial charge in [-0.3, -0.25) is 4.79 Å². The zero-order chi connectivity index (χ0) is 25.4. The maximum absolute atomic E-state index is 12.6. The molecule has 3 aromatic rings. The van der Waals surface area contributed by atoms with Crippen LogP contribution in [0.3, 0.4) is 0 Å². The van der Waals surface area contributed by atoms with Gasteiger partial charge in [-0.05, 0) is 43.2 Å². The van der Waals surface area contributed by atoms with Crippen LogP contribution in [0.5, 0.6) is 5.75 Å². The summed E-state index contributed by atoms with van der Waals surface area (Å²) in [5.41, 5.74) is 5.10. The molecule has 0 radical (unpaired) electrons. The summed E-state index contributed by atoms with van der Waals surface area (Å²) in [5, 5.41) is 3.03. The van der Waals surface area contributed by atoms with Gasteiger partial charge in [-0.25, -0.2) is 0 Å². The van der Waals surface area contributed by atoms with Gasteiger partial charge in [-0.1, -0.05) is 100 Å². The molecule has 0 saturated carbocycles. The molecule has 0 unspecified atom stereocenters. The van der Waals surface area contributed by atoms with Crippen molar-refractivity contribution < 1.29 is 31.1 Å². The molecule has 0 fully saturated rings. The van der Waals surface area contributed by atoms with E-state index in [0.717, 1.165) is 36.6 Å². The van der Waals surface area contributed by atoms with E-state index in [9.17, 15) is 4.79 Å². The summed E-state index contributed by atoms with van der Waals surface area (Å²) in [5.74, 6) is 0.870. The molecule has 1 N–H and O–H groups in total. The molecule has 0 aliphatic heterocycles. The van der Waals surface area contributed by atoms with Gasteiger partial charge in [-0.15, -0.1) is 0 Å². The predicted octanol–water partition coefficient (Wildman–Crippen LogP) is 4.88. The standard InChI is InChI=1S/C31H42N2O2S.BrH/c1-3-4-5-6-7-8-9-10-11-12-20-35-30-18-16-27(17-19-30)22-31(34)32-29-15-13-14-28(21-29)24-33-23-26(2)36-25-33;/h13-19,21,23,25H,3-12,20,22,24H2,1-2H3;1H. The Hall–Kier alpha value is -2.18. The Labute approximate surface area is 238 Å². The molecule has 1 aromatic heterocycles. The molecular formula is C31H43BrN2O2S. The number of anilines is 1. The number of aromatic nitrogens is 1. The van der Waals surface area contributed by atoms with E-state index in [4.69, 9.17) is 4.74 Å². The van der Waals surface area contributed by atoms with Gasteiger partial charge < -0.3 is 27.0 Å². The molecule has 4 nitrogen and oxygen atoms in total. The van der Waals surface area contributed by atoms with Gasteiger partial charge in [0.15, 0.2) is 12.7 Å². The summed E-state index contributed by atoms with van der Waals surface area (Å²) in [7, 11) is 0. The van der Waals surface area contributed by atoms with Crippen LogP contribution in [-0.2, 0) is 17.8 Å². The van der Waals surface area contributed by atoms with Crippen LogP contribution in [0.25, 0.3) is 0 Å². The first-order valence-electron chi connectivity index (χ1n) is 13.7. The average Bonchev–Trinajstić information content (AvgIpc) is 3.28. The number of nitrogens with one attached hydrogen (secondary N) is 1. The third kappa shape index (κ3) is 12.8. The molecule has 37 heavy (non-hydrogen) atoms. The Balaban J connectivity index is 0.00000481. The van der Waals surface area contributed by atoms with Crippen molar-refractivity contribution in [2.24, 2.45) is 0 Å².